The molecule has 0 bridgehead atoms. The fourth-order valence-corrected chi connectivity index (χ4v) is 4.82. The Kier molecular flexibility index (Phi) is 7.32. The van der Waals surface area contributed by atoms with Crippen molar-refractivity contribution in [3.05, 3.63) is 24.4 Å². The molecule has 1 aliphatic rings. The number of aliphatic hydroxyl groups excluding tert-OH is 1. The zero-order valence-corrected chi connectivity index (χ0v) is 16.9. The van der Waals surface area contributed by atoms with Crippen LogP contribution in [0.4, 0.5) is 0 Å². The van der Waals surface area contributed by atoms with Gasteiger partial charge in [0.25, 0.3) is 10.0 Å². The molecule has 1 aromatic heterocycles. The highest BCUT2D eigenvalue weighted by atomic mass is 32.2. The fraction of sp³-hybridized carbons (Fsp3) is 0.667. The maximum absolute atomic E-state index is 12.8. The number of sulfonamides is 1. The third kappa shape index (κ3) is 5.71. The van der Waals surface area contributed by atoms with E-state index in [-0.39, 0.29) is 35.9 Å². The van der Waals surface area contributed by atoms with E-state index >= 15 is 0 Å². The molecule has 0 radical (unpaired) electrons. The minimum Gasteiger partial charge on any atom is -0.390 e. The number of nitrogens with one attached hydrogen (secondary N) is 1. The molecule has 1 amide bonds. The van der Waals surface area contributed by atoms with Gasteiger partial charge < -0.3 is 16.2 Å². The lowest BCUT2D eigenvalue weighted by Crippen LogP contribution is -2.51. The van der Waals surface area contributed by atoms with Crippen LogP contribution in [0.3, 0.4) is 0 Å². The lowest BCUT2D eigenvalue weighted by molar-refractivity contribution is -0.124. The van der Waals surface area contributed by atoms with Gasteiger partial charge in [-0.2, -0.15) is 4.31 Å². The van der Waals surface area contributed by atoms with Crippen molar-refractivity contribution in [3.63, 3.8) is 0 Å². The highest BCUT2D eigenvalue weighted by Gasteiger charge is 2.36. The molecule has 2 rings (SSSR count). The predicted octanol–water partition coefficient (Wildman–Crippen LogP) is 0.331. The average Bonchev–Trinajstić information content (AvgIpc) is 2.74. The van der Waals surface area contributed by atoms with Gasteiger partial charge in [0.2, 0.25) is 5.91 Å². The van der Waals surface area contributed by atoms with E-state index in [1.54, 1.807) is 12.1 Å². The van der Waals surface area contributed by atoms with Gasteiger partial charge in [0.1, 0.15) is 0 Å². The number of pyridine rings is 1. The number of nitrogens with zero attached hydrogens (tertiary/aromatic N) is 2. The summed E-state index contributed by atoms with van der Waals surface area (Å²) >= 11 is 0. The van der Waals surface area contributed by atoms with Crippen LogP contribution in [0, 0.1) is 11.8 Å². The van der Waals surface area contributed by atoms with Crippen LogP contribution >= 0.6 is 0 Å². The van der Waals surface area contributed by atoms with Gasteiger partial charge in [-0.3, -0.25) is 4.79 Å². The van der Waals surface area contributed by atoms with Crippen molar-refractivity contribution in [1.29, 1.82) is 0 Å². The number of nitrogens with two attached hydrogens (primary N) is 1. The van der Waals surface area contributed by atoms with Crippen LogP contribution in [0.15, 0.2) is 29.4 Å². The van der Waals surface area contributed by atoms with E-state index in [1.807, 2.05) is 20.8 Å². The van der Waals surface area contributed by atoms with Crippen molar-refractivity contribution in [1.82, 2.24) is 14.6 Å². The highest BCUT2D eigenvalue weighted by molar-refractivity contribution is 7.89. The molecule has 2 heterocycles. The third-order valence-electron chi connectivity index (χ3n) is 4.66. The molecular formula is C18H30N4O4S. The van der Waals surface area contributed by atoms with Crippen molar-refractivity contribution in [2.24, 2.45) is 17.6 Å². The Morgan fingerprint density at radius 3 is 2.70 bits per heavy atom. The van der Waals surface area contributed by atoms with Gasteiger partial charge in [-0.15, -0.1) is 0 Å². The smallest absolute Gasteiger partial charge is 0.260 e. The van der Waals surface area contributed by atoms with Crippen molar-refractivity contribution in [2.45, 2.75) is 56.8 Å². The molecule has 1 aromatic rings. The Labute approximate surface area is 161 Å². The molecule has 0 spiro atoms. The standard InChI is InChI=1S/C18H30N4O4S/c1-12(2)8-14(19)18(24)21-15-9-13(3)10-22(11-16(15)23)27(25,26)17-6-4-5-7-20-17/h4-7,12-16,23H,8-11,19H2,1-3H3,(H,21,24)/t13-,14-,15-,16-/m0/s1. The Bertz CT molecular complexity index is 726. The largest absolute Gasteiger partial charge is 0.390 e. The van der Waals surface area contributed by atoms with E-state index < -0.39 is 28.2 Å². The second kappa shape index (κ2) is 9.09. The molecule has 4 atom stereocenters. The molecule has 1 aliphatic heterocycles. The summed E-state index contributed by atoms with van der Waals surface area (Å²) in [6.07, 6.45) is 1.41. The molecule has 0 unspecified atom stereocenters. The van der Waals surface area contributed by atoms with Gasteiger partial charge in [0.05, 0.1) is 18.2 Å². The van der Waals surface area contributed by atoms with Crippen LogP contribution in [0.2, 0.25) is 0 Å². The number of β-amino-alcohol motifs (C(OH)–C–C–N with tert-alkyl or cyclic N) is 1. The Morgan fingerprint density at radius 1 is 1.41 bits per heavy atom. The maximum atomic E-state index is 12.8. The number of hydrogen-bond acceptors (Lipinski definition) is 6. The monoisotopic (exact) mass is 398 g/mol. The molecule has 0 aliphatic carbocycles. The van der Waals surface area contributed by atoms with Crippen LogP contribution in [-0.4, -0.2) is 60.0 Å². The number of aliphatic hydroxyl groups is 1. The van der Waals surface area contributed by atoms with Gasteiger partial charge in [-0.1, -0.05) is 26.8 Å². The first-order valence-electron chi connectivity index (χ1n) is 9.26. The highest BCUT2D eigenvalue weighted by Crippen LogP contribution is 2.23. The SMILES string of the molecule is CC(C)C[C@H](N)C(=O)N[C@H]1C[C@H](C)CN(S(=O)(=O)c2ccccn2)C[C@@H]1O. The molecule has 8 nitrogen and oxygen atoms in total. The lowest BCUT2D eigenvalue weighted by atomic mass is 9.98. The van der Waals surface area contributed by atoms with Crippen LogP contribution in [0.25, 0.3) is 0 Å². The minimum atomic E-state index is -3.81. The van der Waals surface area contributed by atoms with Crippen molar-refractivity contribution in [2.75, 3.05) is 13.1 Å². The van der Waals surface area contributed by atoms with Crippen molar-refractivity contribution >= 4 is 15.9 Å². The Morgan fingerprint density at radius 2 is 2.11 bits per heavy atom. The first-order chi connectivity index (χ1) is 12.6. The summed E-state index contributed by atoms with van der Waals surface area (Å²) in [7, 11) is -3.81. The van der Waals surface area contributed by atoms with Crippen molar-refractivity contribution < 1.29 is 18.3 Å². The second-order valence-corrected chi connectivity index (χ2v) is 9.63. The molecular weight excluding hydrogens is 368 g/mol. The Hall–Kier alpha value is -1.55. The van der Waals surface area contributed by atoms with E-state index in [1.165, 1.54) is 16.6 Å². The van der Waals surface area contributed by atoms with E-state index in [9.17, 15) is 18.3 Å². The first kappa shape index (κ1) is 21.7. The molecule has 4 N–H and O–H groups in total. The summed E-state index contributed by atoms with van der Waals surface area (Å²) in [4.78, 5) is 16.2. The predicted molar refractivity (Wildman–Crippen MR) is 102 cm³/mol. The van der Waals surface area contributed by atoms with E-state index in [0.29, 0.717) is 12.8 Å². The number of amides is 1. The van der Waals surface area contributed by atoms with Gasteiger partial charge in [-0.25, -0.2) is 13.4 Å². The fourth-order valence-electron chi connectivity index (χ4n) is 3.31. The van der Waals surface area contributed by atoms with Crippen LogP contribution in [0.5, 0.6) is 0 Å². The van der Waals surface area contributed by atoms with Gasteiger partial charge in [0.15, 0.2) is 5.03 Å². The number of carbonyl (C=O) groups excluding carboxylic acids is 1. The van der Waals surface area contributed by atoms with Gasteiger partial charge in [0, 0.05) is 19.3 Å². The zero-order chi connectivity index (χ0) is 20.2. The molecule has 1 fully saturated rings. The van der Waals surface area contributed by atoms with Crippen LogP contribution in [0.1, 0.15) is 33.6 Å². The molecule has 0 saturated carbocycles. The van der Waals surface area contributed by atoms with Gasteiger partial charge in [-0.05, 0) is 36.8 Å². The van der Waals surface area contributed by atoms with Gasteiger partial charge >= 0.3 is 0 Å². The van der Waals surface area contributed by atoms with E-state index in [4.69, 9.17) is 5.73 Å². The topological polar surface area (TPSA) is 126 Å². The zero-order valence-electron chi connectivity index (χ0n) is 16.1. The first-order valence-corrected chi connectivity index (χ1v) is 10.7. The van der Waals surface area contributed by atoms with Crippen LogP contribution in [-0.2, 0) is 14.8 Å². The Balaban J connectivity index is 2.12. The molecule has 9 heteroatoms. The maximum Gasteiger partial charge on any atom is 0.260 e. The quantitative estimate of drug-likeness (QED) is 0.634. The molecule has 1 saturated heterocycles. The summed E-state index contributed by atoms with van der Waals surface area (Å²) in [6.45, 7) is 6.01. The van der Waals surface area contributed by atoms with Crippen molar-refractivity contribution in [3.8, 4) is 0 Å². The van der Waals surface area contributed by atoms with E-state index in [0.717, 1.165) is 0 Å². The second-order valence-electron chi connectivity index (χ2n) is 7.75. The summed E-state index contributed by atoms with van der Waals surface area (Å²) in [6, 6.07) is 3.49. The molecule has 0 aromatic carbocycles. The number of carbonyl (C=O) groups is 1. The summed E-state index contributed by atoms with van der Waals surface area (Å²) in [5, 5.41) is 13.3. The number of rotatable bonds is 6. The number of aromatic nitrogens is 1. The molecule has 27 heavy (non-hydrogen) atoms. The number of hydrogen-bond donors (Lipinski definition) is 3. The summed E-state index contributed by atoms with van der Waals surface area (Å²) < 4.78 is 26.9. The molecule has 152 valence electrons. The summed E-state index contributed by atoms with van der Waals surface area (Å²) in [5.74, 6) is -0.0871. The average molecular weight is 399 g/mol. The lowest BCUT2D eigenvalue weighted by Gasteiger charge is -2.26. The normalized spacial score (nSPS) is 25.8. The third-order valence-corrected chi connectivity index (χ3v) is 6.41. The minimum absolute atomic E-state index is 0.0488. The summed E-state index contributed by atoms with van der Waals surface area (Å²) in [5.41, 5.74) is 5.92. The van der Waals surface area contributed by atoms with E-state index in [2.05, 4.69) is 10.3 Å². The van der Waals surface area contributed by atoms with Crippen LogP contribution < -0.4 is 11.1 Å².